The molecule has 1 aromatic carbocycles. The molecule has 2 aliphatic heterocycles. The lowest BCUT2D eigenvalue weighted by Gasteiger charge is -2.39. The van der Waals surface area contributed by atoms with Gasteiger partial charge in [-0.25, -0.2) is 27.8 Å². The summed E-state index contributed by atoms with van der Waals surface area (Å²) >= 11 is 12.8. The first-order valence-corrected chi connectivity index (χ1v) is 12.4. The minimum Gasteiger partial charge on any atom is -0.389 e. The van der Waals surface area contributed by atoms with E-state index in [1.54, 1.807) is 18.3 Å². The van der Waals surface area contributed by atoms with E-state index in [2.05, 4.69) is 20.4 Å². The summed E-state index contributed by atoms with van der Waals surface area (Å²) in [6.07, 6.45) is 1.38. The molecule has 0 amide bonds. The summed E-state index contributed by atoms with van der Waals surface area (Å²) in [6.45, 7) is 1.47. The molecule has 192 valence electrons. The van der Waals surface area contributed by atoms with E-state index in [1.807, 2.05) is 4.90 Å². The smallest absolute Gasteiger partial charge is 0.272 e. The molecular formula is C23H23Cl2F3N6O2. The van der Waals surface area contributed by atoms with Crippen molar-refractivity contribution in [2.45, 2.75) is 49.0 Å². The van der Waals surface area contributed by atoms with Crippen LogP contribution in [0.3, 0.4) is 0 Å². The Balaban J connectivity index is 1.22. The van der Waals surface area contributed by atoms with Crippen LogP contribution in [0.15, 0.2) is 24.5 Å². The number of piperidine rings is 1. The lowest BCUT2D eigenvalue weighted by Crippen LogP contribution is -2.50. The predicted octanol–water partition coefficient (Wildman–Crippen LogP) is 4.34. The number of rotatable bonds is 5. The van der Waals surface area contributed by atoms with Gasteiger partial charge < -0.3 is 15.2 Å². The maximum absolute atomic E-state index is 15.3. The number of aliphatic hydroxyl groups is 1. The number of aromatic nitrogens is 4. The van der Waals surface area contributed by atoms with Crippen molar-refractivity contribution >= 4 is 45.7 Å². The highest BCUT2D eigenvalue weighted by molar-refractivity contribution is 6.32. The third-order valence-corrected chi connectivity index (χ3v) is 7.93. The van der Waals surface area contributed by atoms with Crippen LogP contribution in [0.1, 0.15) is 30.4 Å². The van der Waals surface area contributed by atoms with Crippen molar-refractivity contribution in [2.75, 3.05) is 31.6 Å². The molecule has 8 nitrogen and oxygen atoms in total. The van der Waals surface area contributed by atoms with Crippen LogP contribution in [0, 0.1) is 0 Å². The van der Waals surface area contributed by atoms with Crippen LogP contribution in [0.4, 0.5) is 24.8 Å². The Kier molecular flexibility index (Phi) is 6.03. The number of likely N-dealkylation sites (tertiary alicyclic amines) is 1. The number of nitrogens with zero attached hydrogens (tertiary/aromatic N) is 5. The first kappa shape index (κ1) is 24.2. The fourth-order valence-electron chi connectivity index (χ4n) is 5.11. The van der Waals surface area contributed by atoms with Crippen LogP contribution in [-0.2, 0) is 4.74 Å². The lowest BCUT2D eigenvalue weighted by molar-refractivity contribution is 0.0353. The molecule has 3 fully saturated rings. The summed E-state index contributed by atoms with van der Waals surface area (Å²) in [5, 5.41) is 18.1. The van der Waals surface area contributed by atoms with Gasteiger partial charge in [0.1, 0.15) is 12.2 Å². The molecule has 36 heavy (non-hydrogen) atoms. The zero-order valence-electron chi connectivity index (χ0n) is 18.9. The summed E-state index contributed by atoms with van der Waals surface area (Å²) in [5.41, 5.74) is 1.52. The maximum atomic E-state index is 15.3. The van der Waals surface area contributed by atoms with E-state index in [4.69, 9.17) is 27.9 Å². The van der Waals surface area contributed by atoms with E-state index in [9.17, 15) is 13.9 Å². The van der Waals surface area contributed by atoms with E-state index in [-0.39, 0.29) is 36.7 Å². The van der Waals surface area contributed by atoms with E-state index < -0.39 is 30.2 Å². The minimum absolute atomic E-state index is 0.0440. The fourth-order valence-corrected chi connectivity index (χ4v) is 5.67. The number of hydrogen-bond acceptors (Lipinski definition) is 7. The first-order chi connectivity index (χ1) is 17.2. The average molecular weight is 543 g/mol. The number of hydrogen-bond donors (Lipinski definition) is 2. The van der Waals surface area contributed by atoms with Crippen LogP contribution in [0.25, 0.3) is 10.9 Å². The van der Waals surface area contributed by atoms with Gasteiger partial charge in [-0.1, -0.05) is 23.2 Å². The SMILES string of the molecule is O[C@@H]1COCC1N1CC[C@H](c2cc3nc(Nc4cnn([C@@H]5CC5(F)F)c4Cl)ncc3cc2Cl)[C@@H](F)C1. The standard InChI is InChI=1S/C23H23Cl2F3N6O2/c24-14-3-11-6-29-22(32-17-7-30-34(21(17)25)20-5-23(20,27)28)31-16(11)4-13(14)12-1-2-33(8-15(12)26)18-9-36-10-19(18)35/h3-4,6-7,12,15,18-20,35H,1-2,5,8-10H2,(H,29,31,32)/t12-,15+,18?,19-,20-/m1/s1. The van der Waals surface area contributed by atoms with Crippen molar-refractivity contribution in [1.82, 2.24) is 24.6 Å². The third-order valence-electron chi connectivity index (χ3n) is 7.23. The Morgan fingerprint density at radius 1 is 1.19 bits per heavy atom. The quantitative estimate of drug-likeness (QED) is 0.495. The topological polar surface area (TPSA) is 88.3 Å². The molecule has 13 heteroatoms. The number of halogens is 5. The van der Waals surface area contributed by atoms with Crippen molar-refractivity contribution < 1.29 is 23.0 Å². The van der Waals surface area contributed by atoms with Gasteiger partial charge in [0, 0.05) is 35.5 Å². The Morgan fingerprint density at radius 3 is 2.69 bits per heavy atom. The average Bonchev–Trinajstić information content (AvgIpc) is 3.12. The van der Waals surface area contributed by atoms with Crippen molar-refractivity contribution in [1.29, 1.82) is 0 Å². The molecule has 0 spiro atoms. The molecular weight excluding hydrogens is 520 g/mol. The van der Waals surface area contributed by atoms with E-state index in [1.165, 1.54) is 6.20 Å². The van der Waals surface area contributed by atoms with Crippen molar-refractivity contribution in [2.24, 2.45) is 0 Å². The molecule has 6 rings (SSSR count). The zero-order valence-corrected chi connectivity index (χ0v) is 20.4. The second kappa shape index (κ2) is 8.98. The maximum Gasteiger partial charge on any atom is 0.272 e. The van der Waals surface area contributed by atoms with E-state index in [0.717, 1.165) is 4.68 Å². The van der Waals surface area contributed by atoms with Crippen LogP contribution in [0.5, 0.6) is 0 Å². The molecule has 2 aromatic heterocycles. The van der Waals surface area contributed by atoms with Crippen molar-refractivity contribution in [3.05, 3.63) is 40.3 Å². The third kappa shape index (κ3) is 4.30. The molecule has 1 saturated carbocycles. The molecule has 3 aromatic rings. The Labute approximate surface area is 214 Å². The van der Waals surface area contributed by atoms with Gasteiger partial charge >= 0.3 is 0 Å². The fraction of sp³-hybridized carbons (Fsp3) is 0.522. The van der Waals surface area contributed by atoms with Gasteiger partial charge in [0.05, 0.1) is 42.8 Å². The molecule has 2 saturated heterocycles. The monoisotopic (exact) mass is 542 g/mol. The van der Waals surface area contributed by atoms with Gasteiger partial charge in [-0.05, 0) is 30.7 Å². The summed E-state index contributed by atoms with van der Waals surface area (Å²) < 4.78 is 48.6. The number of alkyl halides is 3. The van der Waals surface area contributed by atoms with Crippen LogP contribution >= 0.6 is 23.2 Å². The number of aliphatic hydroxyl groups excluding tert-OH is 1. The van der Waals surface area contributed by atoms with Crippen molar-refractivity contribution in [3.63, 3.8) is 0 Å². The summed E-state index contributed by atoms with van der Waals surface area (Å²) in [5.74, 6) is -3.03. The van der Waals surface area contributed by atoms with Gasteiger partial charge in [0.2, 0.25) is 5.95 Å². The lowest BCUT2D eigenvalue weighted by atomic mass is 9.86. The van der Waals surface area contributed by atoms with E-state index in [0.29, 0.717) is 46.7 Å². The second-order valence-electron chi connectivity index (χ2n) is 9.60. The van der Waals surface area contributed by atoms with Crippen molar-refractivity contribution in [3.8, 4) is 0 Å². The highest BCUT2D eigenvalue weighted by Crippen LogP contribution is 2.53. The number of benzene rings is 1. The number of ether oxygens (including phenoxy) is 1. The Bertz CT molecular complexity index is 1310. The highest BCUT2D eigenvalue weighted by Gasteiger charge is 2.59. The van der Waals surface area contributed by atoms with Crippen LogP contribution < -0.4 is 5.32 Å². The van der Waals surface area contributed by atoms with Gasteiger partial charge in [0.25, 0.3) is 5.92 Å². The number of fused-ring (bicyclic) bond motifs is 1. The summed E-state index contributed by atoms with van der Waals surface area (Å²) in [7, 11) is 0. The van der Waals surface area contributed by atoms with Gasteiger partial charge in [-0.2, -0.15) is 5.10 Å². The van der Waals surface area contributed by atoms with E-state index >= 15 is 4.39 Å². The highest BCUT2D eigenvalue weighted by atomic mass is 35.5. The summed E-state index contributed by atoms with van der Waals surface area (Å²) in [4.78, 5) is 10.7. The molecule has 5 atom stereocenters. The Hall–Kier alpha value is -2.18. The molecule has 1 aliphatic carbocycles. The predicted molar refractivity (Wildman–Crippen MR) is 128 cm³/mol. The minimum atomic E-state index is -2.81. The van der Waals surface area contributed by atoms with Gasteiger partial charge in [0.15, 0.2) is 5.15 Å². The molecule has 0 radical (unpaired) electrons. The molecule has 3 aliphatic rings. The molecule has 4 heterocycles. The van der Waals surface area contributed by atoms with Crippen LogP contribution in [-0.4, -0.2) is 80.3 Å². The molecule has 1 unspecified atom stereocenters. The van der Waals surface area contributed by atoms with Gasteiger partial charge in [-0.3, -0.25) is 4.90 Å². The summed E-state index contributed by atoms with van der Waals surface area (Å²) in [6, 6.07) is 2.23. The largest absolute Gasteiger partial charge is 0.389 e. The normalized spacial score (nSPS) is 30.1. The second-order valence-corrected chi connectivity index (χ2v) is 10.4. The zero-order chi connectivity index (χ0) is 25.2. The molecule has 2 N–H and O–H groups in total. The van der Waals surface area contributed by atoms with Gasteiger partial charge in [-0.15, -0.1) is 0 Å². The Morgan fingerprint density at radius 2 is 2.00 bits per heavy atom. The molecule has 0 bridgehead atoms. The first-order valence-electron chi connectivity index (χ1n) is 11.7. The number of nitrogens with one attached hydrogen (secondary N) is 1. The number of anilines is 2. The van der Waals surface area contributed by atoms with Crippen LogP contribution in [0.2, 0.25) is 10.2 Å².